The fourth-order valence-electron chi connectivity index (χ4n) is 1.37. The highest BCUT2D eigenvalue weighted by Gasteiger charge is 2.08. The highest BCUT2D eigenvalue weighted by Crippen LogP contribution is 2.15. The average Bonchev–Trinajstić information content (AvgIpc) is 2.84. The first-order valence-electron chi connectivity index (χ1n) is 5.01. The van der Waals surface area contributed by atoms with Crippen LogP contribution in [0.15, 0.2) is 30.9 Å². The Morgan fingerprint density at radius 3 is 3.06 bits per heavy atom. The van der Waals surface area contributed by atoms with Crippen LogP contribution in [0.4, 0.5) is 10.1 Å². The largest absolute Gasteiger partial charge is 0.323 e. The van der Waals surface area contributed by atoms with Gasteiger partial charge in [0.2, 0.25) is 5.91 Å². The van der Waals surface area contributed by atoms with Crippen molar-refractivity contribution in [3.63, 3.8) is 0 Å². The van der Waals surface area contributed by atoms with Crippen molar-refractivity contribution in [1.82, 2.24) is 14.8 Å². The van der Waals surface area contributed by atoms with E-state index in [1.807, 2.05) is 6.07 Å². The van der Waals surface area contributed by atoms with Gasteiger partial charge in [-0.15, -0.1) is 0 Å². The van der Waals surface area contributed by atoms with Crippen LogP contribution < -0.4 is 5.32 Å². The lowest BCUT2D eigenvalue weighted by atomic mass is 10.2. The van der Waals surface area contributed by atoms with Crippen LogP contribution >= 0.6 is 0 Å². The lowest BCUT2D eigenvalue weighted by Crippen LogP contribution is -2.19. The van der Waals surface area contributed by atoms with Crippen LogP contribution in [0.5, 0.6) is 0 Å². The molecule has 2 rings (SSSR count). The number of benzene rings is 1. The molecule has 7 heteroatoms. The Balaban J connectivity index is 2.10. The van der Waals surface area contributed by atoms with Crippen LogP contribution in [0.2, 0.25) is 0 Å². The van der Waals surface area contributed by atoms with Crippen molar-refractivity contribution in [3.05, 3.63) is 42.2 Å². The summed E-state index contributed by atoms with van der Waals surface area (Å²) in [4.78, 5) is 15.3. The molecule has 0 aliphatic carbocycles. The first-order valence-corrected chi connectivity index (χ1v) is 5.01. The second-order valence-corrected chi connectivity index (χ2v) is 3.44. The zero-order chi connectivity index (χ0) is 13.0. The lowest BCUT2D eigenvalue weighted by molar-refractivity contribution is -0.116. The van der Waals surface area contributed by atoms with Crippen LogP contribution in [0.1, 0.15) is 5.56 Å². The van der Waals surface area contributed by atoms with Gasteiger partial charge in [0.25, 0.3) is 0 Å². The highest BCUT2D eigenvalue weighted by atomic mass is 19.1. The third-order valence-electron chi connectivity index (χ3n) is 2.15. The number of carbonyl (C=O) groups excluding carboxylic acids is 1. The number of aromatic nitrogens is 3. The molecule has 90 valence electrons. The van der Waals surface area contributed by atoms with E-state index in [1.54, 1.807) is 0 Å². The zero-order valence-corrected chi connectivity index (χ0v) is 9.17. The molecule has 1 aromatic carbocycles. The Hall–Kier alpha value is -2.75. The summed E-state index contributed by atoms with van der Waals surface area (Å²) in [6.45, 7) is -0.0256. The standard InChI is InChI=1S/C11H8FN5O/c12-9-1-2-10(8(3-9)4-13)16-11(18)5-17-7-14-6-15-17/h1-3,6-7H,5H2,(H,16,18). The molecule has 1 aromatic heterocycles. The van der Waals surface area contributed by atoms with E-state index >= 15 is 0 Å². The van der Waals surface area contributed by atoms with Gasteiger partial charge in [0.15, 0.2) is 0 Å². The van der Waals surface area contributed by atoms with E-state index in [-0.39, 0.29) is 23.7 Å². The predicted octanol–water partition coefficient (Wildman–Crippen LogP) is 0.928. The maximum atomic E-state index is 12.9. The fourth-order valence-corrected chi connectivity index (χ4v) is 1.37. The Morgan fingerprint density at radius 2 is 2.39 bits per heavy atom. The van der Waals surface area contributed by atoms with E-state index in [2.05, 4.69) is 15.4 Å². The zero-order valence-electron chi connectivity index (χ0n) is 9.17. The molecule has 6 nitrogen and oxygen atoms in total. The Kier molecular flexibility index (Phi) is 3.29. The third kappa shape index (κ3) is 2.68. The molecule has 0 radical (unpaired) electrons. The molecule has 0 aliphatic heterocycles. The lowest BCUT2D eigenvalue weighted by Gasteiger charge is -2.06. The molecule has 1 heterocycles. The van der Waals surface area contributed by atoms with E-state index in [4.69, 9.17) is 5.26 Å². The SMILES string of the molecule is N#Cc1cc(F)ccc1NC(=O)Cn1cncn1. The van der Waals surface area contributed by atoms with Crippen molar-refractivity contribution in [2.75, 3.05) is 5.32 Å². The summed E-state index contributed by atoms with van der Waals surface area (Å²) in [5, 5.41) is 15.1. The molecule has 0 bridgehead atoms. The number of nitrogens with zero attached hydrogens (tertiary/aromatic N) is 4. The summed E-state index contributed by atoms with van der Waals surface area (Å²) in [5.41, 5.74) is 0.339. The van der Waals surface area contributed by atoms with Gasteiger partial charge in [0.05, 0.1) is 11.3 Å². The quantitative estimate of drug-likeness (QED) is 0.871. The van der Waals surface area contributed by atoms with Gasteiger partial charge in [0.1, 0.15) is 31.1 Å². The van der Waals surface area contributed by atoms with Crippen molar-refractivity contribution in [1.29, 1.82) is 5.26 Å². The molecule has 0 saturated heterocycles. The number of nitriles is 1. The molecule has 0 atom stereocenters. The Labute approximate surface area is 102 Å². The van der Waals surface area contributed by atoms with E-state index in [0.717, 1.165) is 6.07 Å². The van der Waals surface area contributed by atoms with Crippen LogP contribution in [0, 0.1) is 17.1 Å². The maximum Gasteiger partial charge on any atom is 0.246 e. The predicted molar refractivity (Wildman–Crippen MR) is 59.8 cm³/mol. The van der Waals surface area contributed by atoms with Crippen molar-refractivity contribution < 1.29 is 9.18 Å². The molecule has 0 saturated carbocycles. The van der Waals surface area contributed by atoms with Gasteiger partial charge in [0, 0.05) is 0 Å². The smallest absolute Gasteiger partial charge is 0.246 e. The summed E-state index contributed by atoms with van der Waals surface area (Å²) >= 11 is 0. The molecule has 0 fully saturated rings. The highest BCUT2D eigenvalue weighted by molar-refractivity contribution is 5.91. The number of anilines is 1. The Bertz CT molecular complexity index is 602. The number of nitrogens with one attached hydrogen (secondary N) is 1. The normalized spacial score (nSPS) is 9.78. The second-order valence-electron chi connectivity index (χ2n) is 3.44. The third-order valence-corrected chi connectivity index (χ3v) is 2.15. The van der Waals surface area contributed by atoms with Crippen LogP contribution in [-0.2, 0) is 11.3 Å². The monoisotopic (exact) mass is 245 g/mol. The number of hydrogen-bond acceptors (Lipinski definition) is 4. The molecule has 1 amide bonds. The molecule has 0 aliphatic rings. The molecule has 0 spiro atoms. The van der Waals surface area contributed by atoms with Crippen LogP contribution in [-0.4, -0.2) is 20.7 Å². The number of hydrogen-bond donors (Lipinski definition) is 1. The van der Waals surface area contributed by atoms with Gasteiger partial charge in [-0.25, -0.2) is 14.1 Å². The summed E-state index contributed by atoms with van der Waals surface area (Å²) in [7, 11) is 0. The number of amides is 1. The van der Waals surface area contributed by atoms with Gasteiger partial charge in [-0.05, 0) is 18.2 Å². The summed E-state index contributed by atoms with van der Waals surface area (Å²) in [5.74, 6) is -0.899. The topological polar surface area (TPSA) is 83.6 Å². The molecule has 2 aromatic rings. The molecule has 1 N–H and O–H groups in total. The second kappa shape index (κ2) is 5.05. The molecule has 0 unspecified atom stereocenters. The minimum absolute atomic E-state index is 0.0256. The van der Waals surface area contributed by atoms with Crippen LogP contribution in [0.25, 0.3) is 0 Å². The van der Waals surface area contributed by atoms with E-state index in [1.165, 1.54) is 29.5 Å². The Morgan fingerprint density at radius 1 is 1.56 bits per heavy atom. The van der Waals surface area contributed by atoms with Gasteiger partial charge < -0.3 is 5.32 Å². The summed E-state index contributed by atoms with van der Waals surface area (Å²) < 4.78 is 14.2. The fraction of sp³-hybridized carbons (Fsp3) is 0.0909. The molecule has 18 heavy (non-hydrogen) atoms. The van der Waals surface area contributed by atoms with E-state index < -0.39 is 5.82 Å². The van der Waals surface area contributed by atoms with Gasteiger partial charge >= 0.3 is 0 Å². The average molecular weight is 245 g/mol. The van der Waals surface area contributed by atoms with Gasteiger partial charge in [-0.1, -0.05) is 0 Å². The first-order chi connectivity index (χ1) is 8.69. The maximum absolute atomic E-state index is 12.9. The molecular formula is C11H8FN5O. The summed E-state index contributed by atoms with van der Waals surface area (Å²) in [6.07, 6.45) is 2.71. The minimum atomic E-state index is -0.527. The van der Waals surface area contributed by atoms with Crippen LogP contribution in [0.3, 0.4) is 0 Å². The van der Waals surface area contributed by atoms with Crippen molar-refractivity contribution in [2.24, 2.45) is 0 Å². The van der Waals surface area contributed by atoms with E-state index in [9.17, 15) is 9.18 Å². The number of halogens is 1. The van der Waals surface area contributed by atoms with E-state index in [0.29, 0.717) is 0 Å². The molecular weight excluding hydrogens is 237 g/mol. The van der Waals surface area contributed by atoms with Gasteiger partial charge in [-0.3, -0.25) is 4.79 Å². The summed E-state index contributed by atoms with van der Waals surface area (Å²) in [6, 6.07) is 5.38. The number of rotatable bonds is 3. The minimum Gasteiger partial charge on any atom is -0.323 e. The van der Waals surface area contributed by atoms with Crippen molar-refractivity contribution in [2.45, 2.75) is 6.54 Å². The first kappa shape index (κ1) is 11.7. The number of carbonyl (C=O) groups is 1. The van der Waals surface area contributed by atoms with Crippen molar-refractivity contribution in [3.8, 4) is 6.07 Å². The van der Waals surface area contributed by atoms with Gasteiger partial charge in [-0.2, -0.15) is 10.4 Å². The van der Waals surface area contributed by atoms with Crippen molar-refractivity contribution >= 4 is 11.6 Å².